The molecular weight excluding hydrogens is 266 g/mol. The lowest BCUT2D eigenvalue weighted by Crippen LogP contribution is -2.41. The molecule has 0 bridgehead atoms. The van der Waals surface area contributed by atoms with E-state index in [-0.39, 0.29) is 11.9 Å². The molecule has 0 spiro atoms. The molecule has 0 saturated carbocycles. The first-order valence-corrected chi connectivity index (χ1v) is 7.54. The Hall–Kier alpha value is -1.88. The van der Waals surface area contributed by atoms with Crippen LogP contribution in [0.2, 0.25) is 0 Å². The highest BCUT2D eigenvalue weighted by Crippen LogP contribution is 2.32. The average molecular weight is 287 g/mol. The van der Waals surface area contributed by atoms with E-state index in [2.05, 4.69) is 41.4 Å². The van der Waals surface area contributed by atoms with Gasteiger partial charge in [0.25, 0.3) is 0 Å². The second kappa shape index (κ2) is 5.85. The number of hydrogen-bond acceptors (Lipinski definition) is 3. The molecule has 0 aliphatic carbocycles. The van der Waals surface area contributed by atoms with Crippen LogP contribution in [0, 0.1) is 6.92 Å². The Labute approximate surface area is 124 Å². The van der Waals surface area contributed by atoms with Gasteiger partial charge in [-0.3, -0.25) is 14.6 Å². The predicted octanol–water partition coefficient (Wildman–Crippen LogP) is 1.68. The van der Waals surface area contributed by atoms with E-state index in [0.29, 0.717) is 25.7 Å². The highest BCUT2D eigenvalue weighted by atomic mass is 16.2. The lowest BCUT2D eigenvalue weighted by Gasteiger charge is -2.26. The van der Waals surface area contributed by atoms with E-state index in [1.165, 1.54) is 16.0 Å². The Kier molecular flexibility index (Phi) is 3.92. The predicted molar refractivity (Wildman–Crippen MR) is 79.8 cm³/mol. The third kappa shape index (κ3) is 2.93. The van der Waals surface area contributed by atoms with E-state index in [4.69, 9.17) is 0 Å². The number of carbonyl (C=O) groups excluding carboxylic acids is 2. The summed E-state index contributed by atoms with van der Waals surface area (Å²) in [5.74, 6) is -0.0930. The van der Waals surface area contributed by atoms with Gasteiger partial charge in [0.1, 0.15) is 0 Å². The fraction of sp³-hybridized carbons (Fsp3) is 0.500. The van der Waals surface area contributed by atoms with Gasteiger partial charge in [-0.2, -0.15) is 0 Å². The van der Waals surface area contributed by atoms with Gasteiger partial charge in [-0.1, -0.05) is 29.8 Å². The molecule has 1 N–H and O–H groups in total. The van der Waals surface area contributed by atoms with Crippen LogP contribution in [-0.2, 0) is 4.79 Å². The molecule has 1 aromatic carbocycles. The van der Waals surface area contributed by atoms with E-state index in [1.807, 2.05) is 0 Å². The summed E-state index contributed by atoms with van der Waals surface area (Å²) in [7, 11) is 0. The van der Waals surface area contributed by atoms with E-state index in [9.17, 15) is 9.59 Å². The average Bonchev–Trinajstić information content (AvgIpc) is 3.07. The number of nitrogens with one attached hydrogen (secondary N) is 1. The van der Waals surface area contributed by atoms with E-state index in [1.54, 1.807) is 0 Å². The number of aryl methyl sites for hydroxylation is 1. The summed E-state index contributed by atoms with van der Waals surface area (Å²) in [6, 6.07) is 8.50. The van der Waals surface area contributed by atoms with E-state index < -0.39 is 0 Å². The SMILES string of the molecule is Cc1cccc([C@@H]2CCCN2CC(=O)N2CCNC2=O)c1. The molecule has 0 unspecified atom stereocenters. The molecule has 2 aliphatic heterocycles. The molecule has 3 rings (SSSR count). The number of benzene rings is 1. The molecule has 0 aromatic heterocycles. The van der Waals surface area contributed by atoms with Gasteiger partial charge in [0, 0.05) is 19.1 Å². The molecule has 0 radical (unpaired) electrons. The van der Waals surface area contributed by atoms with Crippen LogP contribution in [0.1, 0.15) is 30.0 Å². The monoisotopic (exact) mass is 287 g/mol. The van der Waals surface area contributed by atoms with Gasteiger partial charge in [0.05, 0.1) is 6.54 Å². The van der Waals surface area contributed by atoms with Crippen molar-refractivity contribution in [3.63, 3.8) is 0 Å². The largest absolute Gasteiger partial charge is 0.336 e. The first-order valence-electron chi connectivity index (χ1n) is 7.54. The van der Waals surface area contributed by atoms with Gasteiger partial charge in [0.15, 0.2) is 0 Å². The van der Waals surface area contributed by atoms with Crippen molar-refractivity contribution in [2.45, 2.75) is 25.8 Å². The maximum Gasteiger partial charge on any atom is 0.324 e. The fourth-order valence-corrected chi connectivity index (χ4v) is 3.24. The summed E-state index contributed by atoms with van der Waals surface area (Å²) in [5, 5.41) is 2.67. The molecule has 112 valence electrons. The third-order valence-corrected chi connectivity index (χ3v) is 4.29. The summed E-state index contributed by atoms with van der Waals surface area (Å²) in [6.07, 6.45) is 2.17. The second-order valence-electron chi connectivity index (χ2n) is 5.82. The summed E-state index contributed by atoms with van der Waals surface area (Å²) < 4.78 is 0. The summed E-state index contributed by atoms with van der Waals surface area (Å²) >= 11 is 0. The van der Waals surface area contributed by atoms with Crippen molar-refractivity contribution in [1.29, 1.82) is 0 Å². The maximum absolute atomic E-state index is 12.3. The number of rotatable bonds is 3. The first-order chi connectivity index (χ1) is 10.1. The van der Waals surface area contributed by atoms with Crippen LogP contribution in [0.15, 0.2) is 24.3 Å². The van der Waals surface area contributed by atoms with Crippen LogP contribution < -0.4 is 5.32 Å². The fourth-order valence-electron chi connectivity index (χ4n) is 3.24. The van der Waals surface area contributed by atoms with Crippen molar-refractivity contribution in [2.75, 3.05) is 26.2 Å². The normalized spacial score (nSPS) is 22.6. The van der Waals surface area contributed by atoms with Crippen LogP contribution in [-0.4, -0.2) is 47.9 Å². The molecule has 21 heavy (non-hydrogen) atoms. The quantitative estimate of drug-likeness (QED) is 0.920. The molecular formula is C16H21N3O2. The van der Waals surface area contributed by atoms with Gasteiger partial charge in [-0.05, 0) is 31.9 Å². The van der Waals surface area contributed by atoms with Crippen molar-refractivity contribution in [3.05, 3.63) is 35.4 Å². The molecule has 1 atom stereocenters. The molecule has 3 amide bonds. The van der Waals surface area contributed by atoms with Crippen molar-refractivity contribution in [2.24, 2.45) is 0 Å². The molecule has 1 aromatic rings. The third-order valence-electron chi connectivity index (χ3n) is 4.29. The summed E-state index contributed by atoms with van der Waals surface area (Å²) in [5.41, 5.74) is 2.51. The highest BCUT2D eigenvalue weighted by Gasteiger charge is 2.32. The molecule has 2 fully saturated rings. The lowest BCUT2D eigenvalue weighted by molar-refractivity contribution is -0.129. The van der Waals surface area contributed by atoms with Crippen LogP contribution >= 0.6 is 0 Å². The summed E-state index contributed by atoms with van der Waals surface area (Å²) in [6.45, 7) is 4.38. The molecule has 2 heterocycles. The first kappa shape index (κ1) is 14.1. The number of nitrogens with zero attached hydrogens (tertiary/aromatic N) is 2. The number of amides is 3. The molecule has 2 aliphatic rings. The van der Waals surface area contributed by atoms with Crippen molar-refractivity contribution in [1.82, 2.24) is 15.1 Å². The Morgan fingerprint density at radius 2 is 2.24 bits per heavy atom. The lowest BCUT2D eigenvalue weighted by atomic mass is 10.0. The number of carbonyl (C=O) groups is 2. The Morgan fingerprint density at radius 1 is 1.38 bits per heavy atom. The molecule has 5 heteroatoms. The van der Waals surface area contributed by atoms with Gasteiger partial charge in [-0.15, -0.1) is 0 Å². The minimum absolute atomic E-state index is 0.0930. The van der Waals surface area contributed by atoms with E-state index in [0.717, 1.165) is 19.4 Å². The maximum atomic E-state index is 12.3. The zero-order valence-corrected chi connectivity index (χ0v) is 12.3. The van der Waals surface area contributed by atoms with Crippen molar-refractivity contribution >= 4 is 11.9 Å². The standard InChI is InChI=1S/C16H21N3O2/c1-12-4-2-5-13(10-12)14-6-3-8-18(14)11-15(20)19-9-7-17-16(19)21/h2,4-5,10,14H,3,6-9,11H2,1H3,(H,17,21)/t14-/m0/s1. The van der Waals surface area contributed by atoms with Crippen LogP contribution in [0.5, 0.6) is 0 Å². The highest BCUT2D eigenvalue weighted by molar-refractivity contribution is 5.96. The Bertz CT molecular complexity index is 558. The van der Waals surface area contributed by atoms with Crippen molar-refractivity contribution < 1.29 is 9.59 Å². The number of hydrogen-bond donors (Lipinski definition) is 1. The number of likely N-dealkylation sites (tertiary alicyclic amines) is 1. The Morgan fingerprint density at radius 3 is 2.95 bits per heavy atom. The van der Waals surface area contributed by atoms with E-state index >= 15 is 0 Å². The van der Waals surface area contributed by atoms with Crippen molar-refractivity contribution in [3.8, 4) is 0 Å². The van der Waals surface area contributed by atoms with Crippen LogP contribution in [0.4, 0.5) is 4.79 Å². The van der Waals surface area contributed by atoms with Crippen LogP contribution in [0.25, 0.3) is 0 Å². The Balaban J connectivity index is 1.69. The second-order valence-corrected chi connectivity index (χ2v) is 5.82. The van der Waals surface area contributed by atoms with Gasteiger partial charge >= 0.3 is 6.03 Å². The topological polar surface area (TPSA) is 52.7 Å². The van der Waals surface area contributed by atoms with Gasteiger partial charge in [0.2, 0.25) is 5.91 Å². The summed E-state index contributed by atoms with van der Waals surface area (Å²) in [4.78, 5) is 27.4. The number of imide groups is 1. The minimum Gasteiger partial charge on any atom is -0.336 e. The smallest absolute Gasteiger partial charge is 0.324 e. The zero-order valence-electron chi connectivity index (χ0n) is 12.3. The van der Waals surface area contributed by atoms with Gasteiger partial charge < -0.3 is 5.32 Å². The van der Waals surface area contributed by atoms with Crippen LogP contribution in [0.3, 0.4) is 0 Å². The zero-order chi connectivity index (χ0) is 14.8. The molecule has 2 saturated heterocycles. The minimum atomic E-state index is -0.258. The van der Waals surface area contributed by atoms with Gasteiger partial charge in [-0.25, -0.2) is 4.79 Å². The molecule has 5 nitrogen and oxygen atoms in total. The number of urea groups is 1.